The number of nitrogens with zero attached hydrogens (tertiary/aromatic N) is 2. The molecule has 0 aliphatic carbocycles. The van der Waals surface area contributed by atoms with Gasteiger partial charge in [0.2, 0.25) is 0 Å². The van der Waals surface area contributed by atoms with Crippen LogP contribution in [0.15, 0.2) is 78.9 Å². The SMILES string of the molecule is CC1CCCO1.CC[C@@H](c1cccc(O)c1)[C@@H](C)CN(C)C.CC[C@](O)(c1cccc(OCc2ccccc2)c1)[C@@H](C)CN(C)C. The van der Waals surface area contributed by atoms with Crippen molar-refractivity contribution >= 4 is 0 Å². The van der Waals surface area contributed by atoms with Crippen molar-refractivity contribution < 1.29 is 19.7 Å². The fourth-order valence-electron chi connectivity index (χ4n) is 6.30. The molecule has 1 unspecified atom stereocenters. The first-order chi connectivity index (χ1) is 21.9. The van der Waals surface area contributed by atoms with Crippen LogP contribution in [0.3, 0.4) is 0 Å². The summed E-state index contributed by atoms with van der Waals surface area (Å²) >= 11 is 0. The van der Waals surface area contributed by atoms with Gasteiger partial charge >= 0.3 is 0 Å². The summed E-state index contributed by atoms with van der Waals surface area (Å²) < 4.78 is 11.1. The summed E-state index contributed by atoms with van der Waals surface area (Å²) in [7, 11) is 8.27. The number of phenolic OH excluding ortho intramolecular Hbond substituents is 1. The predicted molar refractivity (Wildman–Crippen MR) is 193 cm³/mol. The molecule has 1 aliphatic heterocycles. The average molecular weight is 635 g/mol. The molecule has 1 heterocycles. The van der Waals surface area contributed by atoms with Gasteiger partial charge in [-0.25, -0.2) is 0 Å². The Morgan fingerprint density at radius 1 is 0.891 bits per heavy atom. The van der Waals surface area contributed by atoms with Crippen molar-refractivity contribution in [2.75, 3.05) is 47.9 Å². The molecule has 0 amide bonds. The highest BCUT2D eigenvalue weighted by Gasteiger charge is 2.34. The van der Waals surface area contributed by atoms with Gasteiger partial charge in [-0.1, -0.05) is 82.3 Å². The Morgan fingerprint density at radius 2 is 1.57 bits per heavy atom. The van der Waals surface area contributed by atoms with E-state index in [1.54, 1.807) is 6.07 Å². The van der Waals surface area contributed by atoms with Crippen LogP contribution in [0.1, 0.15) is 82.9 Å². The molecule has 1 aliphatic rings. The summed E-state index contributed by atoms with van der Waals surface area (Å²) in [6.45, 7) is 14.2. The first-order valence-electron chi connectivity index (χ1n) is 17.1. The lowest BCUT2D eigenvalue weighted by Crippen LogP contribution is -2.38. The average Bonchev–Trinajstić information content (AvgIpc) is 3.51. The molecule has 4 rings (SSSR count). The summed E-state index contributed by atoms with van der Waals surface area (Å²) in [5.41, 5.74) is 2.45. The number of aliphatic hydroxyl groups is 1. The molecule has 0 bridgehead atoms. The van der Waals surface area contributed by atoms with Crippen molar-refractivity contribution in [2.45, 2.75) is 84.5 Å². The monoisotopic (exact) mass is 634 g/mol. The van der Waals surface area contributed by atoms with E-state index in [0.29, 0.717) is 36.7 Å². The van der Waals surface area contributed by atoms with Gasteiger partial charge in [0.1, 0.15) is 18.1 Å². The largest absolute Gasteiger partial charge is 0.508 e. The van der Waals surface area contributed by atoms with Crippen LogP contribution in [-0.4, -0.2) is 74.0 Å². The van der Waals surface area contributed by atoms with Crippen molar-refractivity contribution in [1.82, 2.24) is 9.80 Å². The maximum absolute atomic E-state index is 11.2. The number of rotatable bonds is 13. The molecular weight excluding hydrogens is 572 g/mol. The lowest BCUT2D eigenvalue weighted by atomic mass is 9.80. The van der Waals surface area contributed by atoms with Crippen molar-refractivity contribution in [1.29, 1.82) is 0 Å². The third-order valence-electron chi connectivity index (χ3n) is 8.81. The van der Waals surface area contributed by atoms with Crippen LogP contribution in [0.2, 0.25) is 0 Å². The fraction of sp³-hybridized carbons (Fsp3) is 0.550. The molecule has 1 saturated heterocycles. The second-order valence-electron chi connectivity index (χ2n) is 13.4. The molecular formula is C40H62N2O4. The highest BCUT2D eigenvalue weighted by atomic mass is 16.5. The Labute approximate surface area is 280 Å². The minimum Gasteiger partial charge on any atom is -0.508 e. The van der Waals surface area contributed by atoms with Gasteiger partial charge in [-0.3, -0.25) is 0 Å². The Balaban J connectivity index is 0.000000285. The van der Waals surface area contributed by atoms with E-state index in [1.165, 1.54) is 18.4 Å². The zero-order chi connectivity index (χ0) is 34.1. The van der Waals surface area contributed by atoms with Gasteiger partial charge in [0.25, 0.3) is 0 Å². The van der Waals surface area contributed by atoms with Gasteiger partial charge in [-0.15, -0.1) is 0 Å². The number of phenols is 1. The van der Waals surface area contributed by atoms with Crippen LogP contribution in [0, 0.1) is 11.8 Å². The minimum absolute atomic E-state index is 0.127. The fourth-order valence-corrected chi connectivity index (χ4v) is 6.30. The van der Waals surface area contributed by atoms with Crippen molar-refractivity contribution in [3.05, 3.63) is 95.6 Å². The van der Waals surface area contributed by atoms with E-state index in [2.05, 4.69) is 57.7 Å². The predicted octanol–water partition coefficient (Wildman–Crippen LogP) is 8.33. The summed E-state index contributed by atoms with van der Waals surface area (Å²) in [5.74, 6) is 2.41. The van der Waals surface area contributed by atoms with E-state index in [9.17, 15) is 10.2 Å². The highest BCUT2D eigenvalue weighted by molar-refractivity contribution is 5.33. The van der Waals surface area contributed by atoms with Crippen molar-refractivity contribution in [3.8, 4) is 11.5 Å². The van der Waals surface area contributed by atoms with Gasteiger partial charge in [0.05, 0.1) is 11.7 Å². The lowest BCUT2D eigenvalue weighted by Gasteiger charge is -2.35. The van der Waals surface area contributed by atoms with E-state index < -0.39 is 5.60 Å². The van der Waals surface area contributed by atoms with Gasteiger partial charge < -0.3 is 29.5 Å². The van der Waals surface area contributed by atoms with E-state index in [1.807, 2.05) is 87.7 Å². The van der Waals surface area contributed by atoms with Gasteiger partial charge in [0.15, 0.2) is 0 Å². The van der Waals surface area contributed by atoms with Crippen LogP contribution >= 0.6 is 0 Å². The molecule has 256 valence electrons. The second-order valence-corrected chi connectivity index (χ2v) is 13.4. The van der Waals surface area contributed by atoms with E-state index in [0.717, 1.165) is 43.0 Å². The topological polar surface area (TPSA) is 65.4 Å². The summed E-state index contributed by atoms with van der Waals surface area (Å²) in [5, 5.41) is 20.7. The van der Waals surface area contributed by atoms with Crippen molar-refractivity contribution in [2.24, 2.45) is 11.8 Å². The third kappa shape index (κ3) is 13.4. The Bertz CT molecular complexity index is 1230. The second kappa shape index (κ2) is 20.4. The molecule has 0 saturated carbocycles. The van der Waals surface area contributed by atoms with Crippen LogP contribution in [-0.2, 0) is 16.9 Å². The number of benzene rings is 3. The molecule has 5 atom stereocenters. The molecule has 0 radical (unpaired) electrons. The van der Waals surface area contributed by atoms with Crippen LogP contribution in [0.5, 0.6) is 11.5 Å². The third-order valence-corrected chi connectivity index (χ3v) is 8.81. The van der Waals surface area contributed by atoms with Crippen molar-refractivity contribution in [3.63, 3.8) is 0 Å². The molecule has 6 heteroatoms. The zero-order valence-electron chi connectivity index (χ0n) is 30.1. The molecule has 0 aromatic heterocycles. The molecule has 6 nitrogen and oxygen atoms in total. The number of ether oxygens (including phenoxy) is 2. The van der Waals surface area contributed by atoms with E-state index in [-0.39, 0.29) is 5.92 Å². The Hall–Kier alpha value is -2.90. The molecule has 3 aromatic carbocycles. The Morgan fingerprint density at radius 3 is 2.09 bits per heavy atom. The smallest absolute Gasteiger partial charge is 0.120 e. The zero-order valence-corrected chi connectivity index (χ0v) is 30.1. The quantitative estimate of drug-likeness (QED) is 0.197. The van der Waals surface area contributed by atoms with Crippen LogP contribution in [0.25, 0.3) is 0 Å². The summed E-state index contributed by atoms with van der Waals surface area (Å²) in [4.78, 5) is 4.33. The first-order valence-corrected chi connectivity index (χ1v) is 17.1. The van der Waals surface area contributed by atoms with E-state index >= 15 is 0 Å². The number of hydrogen-bond acceptors (Lipinski definition) is 6. The van der Waals surface area contributed by atoms with Crippen LogP contribution < -0.4 is 4.74 Å². The summed E-state index contributed by atoms with van der Waals surface area (Å²) in [6.07, 6.45) is 4.86. The van der Waals surface area contributed by atoms with Gasteiger partial charge in [-0.2, -0.15) is 0 Å². The number of hydrogen-bond donors (Lipinski definition) is 2. The maximum Gasteiger partial charge on any atom is 0.120 e. The molecule has 2 N–H and O–H groups in total. The normalized spacial score (nSPS) is 17.6. The van der Waals surface area contributed by atoms with Gasteiger partial charge in [0, 0.05) is 25.6 Å². The molecule has 1 fully saturated rings. The summed E-state index contributed by atoms with van der Waals surface area (Å²) in [6, 6.07) is 25.6. The first kappa shape index (κ1) is 39.3. The van der Waals surface area contributed by atoms with Gasteiger partial charge in [-0.05, 0) is 114 Å². The van der Waals surface area contributed by atoms with Crippen LogP contribution in [0.4, 0.5) is 0 Å². The Kier molecular flexibility index (Phi) is 17.4. The molecule has 3 aromatic rings. The lowest BCUT2D eigenvalue weighted by molar-refractivity contribution is -0.0293. The standard InChI is InChI=1S/C21H29NO2.C14H23NO.C5H10O/c1-5-21(23,17(2)15-22(3)4)19-12-9-13-20(14-19)24-16-18-10-7-6-8-11-18;1-5-14(11(2)10-15(3)4)12-7-6-8-13(16)9-12;1-5-3-2-4-6-5/h6-14,17,23H,5,15-16H2,1-4H3;6-9,11,14,16H,5,10H2,1-4H3;5H,2-4H2,1H3/t17-,21+;11-,14+;/m00./s1. The minimum atomic E-state index is -0.851. The molecule has 0 spiro atoms. The number of aromatic hydroxyl groups is 1. The highest BCUT2D eigenvalue weighted by Crippen LogP contribution is 2.35. The van der Waals surface area contributed by atoms with E-state index in [4.69, 9.17) is 9.47 Å². The maximum atomic E-state index is 11.2. The molecule has 46 heavy (non-hydrogen) atoms.